The lowest BCUT2D eigenvalue weighted by Crippen LogP contribution is -2.52. The molecule has 2 N–H and O–H groups in total. The number of aromatic nitrogens is 4. The minimum atomic E-state index is -3.66. The van der Waals surface area contributed by atoms with E-state index in [2.05, 4.69) is 15.4 Å². The fourth-order valence-corrected chi connectivity index (χ4v) is 5.71. The summed E-state index contributed by atoms with van der Waals surface area (Å²) in [7, 11) is -3.66. The van der Waals surface area contributed by atoms with Crippen LogP contribution in [-0.4, -0.2) is 61.8 Å². The van der Waals surface area contributed by atoms with E-state index in [1.807, 2.05) is 6.92 Å². The Morgan fingerprint density at radius 2 is 1.37 bits per heavy atom. The maximum absolute atomic E-state index is 15.3. The molecule has 1 saturated heterocycles. The van der Waals surface area contributed by atoms with E-state index < -0.39 is 83.4 Å². The van der Waals surface area contributed by atoms with E-state index in [9.17, 15) is 36.3 Å². The van der Waals surface area contributed by atoms with Crippen molar-refractivity contribution in [1.29, 1.82) is 0 Å². The number of likely N-dealkylation sites (tertiary alicyclic amines) is 1. The molecule has 266 valence electrons. The molecular weight excluding hydrogens is 680 g/mol. The number of benzene rings is 3. The van der Waals surface area contributed by atoms with Crippen molar-refractivity contribution in [2.45, 2.75) is 59.2 Å². The van der Waals surface area contributed by atoms with Crippen molar-refractivity contribution in [2.24, 2.45) is 5.92 Å². The van der Waals surface area contributed by atoms with Gasteiger partial charge < -0.3 is 15.0 Å². The van der Waals surface area contributed by atoms with Crippen molar-refractivity contribution < 1.29 is 49.1 Å². The average molecular weight is 716 g/mol. The zero-order valence-corrected chi connectivity index (χ0v) is 27.8. The highest BCUT2D eigenvalue weighted by Gasteiger charge is 2.49. The van der Waals surface area contributed by atoms with Gasteiger partial charge in [0.05, 0.1) is 25.4 Å². The Balaban J connectivity index is 0.000000827. The smallest absolute Gasteiger partial charge is 0.264 e. The molecule has 0 unspecified atom stereocenters. The maximum Gasteiger partial charge on any atom is 0.264 e. The van der Waals surface area contributed by atoms with Crippen LogP contribution in [-0.2, 0) is 28.8 Å². The van der Waals surface area contributed by atoms with Crippen LogP contribution in [0, 0.1) is 59.9 Å². The summed E-state index contributed by atoms with van der Waals surface area (Å²) >= 11 is 0. The topological polar surface area (TPSA) is 141 Å². The second-order valence-corrected chi connectivity index (χ2v) is 13.6. The quantitative estimate of drug-likeness (QED) is 0.0760. The van der Waals surface area contributed by atoms with Gasteiger partial charge in [0.2, 0.25) is 5.82 Å². The van der Waals surface area contributed by atoms with Gasteiger partial charge in [-0.3, -0.25) is 4.55 Å². The zero-order chi connectivity index (χ0) is 36.5. The van der Waals surface area contributed by atoms with Gasteiger partial charge in [0.1, 0.15) is 23.8 Å². The van der Waals surface area contributed by atoms with Gasteiger partial charge in [-0.15, -0.1) is 10.2 Å². The van der Waals surface area contributed by atoms with Crippen LogP contribution in [0.5, 0.6) is 0 Å². The fourth-order valence-electron chi connectivity index (χ4n) is 5.71. The summed E-state index contributed by atoms with van der Waals surface area (Å²) in [4.78, 5) is 1.43. The molecule has 0 atom stereocenters. The van der Waals surface area contributed by atoms with Crippen molar-refractivity contribution in [3.8, 4) is 11.4 Å². The molecule has 1 aliphatic heterocycles. The van der Waals surface area contributed by atoms with E-state index >= 15 is 8.78 Å². The molecule has 10 nitrogen and oxygen atoms in total. The average Bonchev–Trinajstić information content (AvgIpc) is 3.56. The summed E-state index contributed by atoms with van der Waals surface area (Å²) < 4.78 is 115. The van der Waals surface area contributed by atoms with Crippen LogP contribution in [0.4, 0.5) is 26.3 Å². The highest BCUT2D eigenvalue weighted by atomic mass is 32.2. The van der Waals surface area contributed by atoms with Crippen LogP contribution in [0.2, 0.25) is 0 Å². The molecule has 3 aromatic carbocycles. The Morgan fingerprint density at radius 1 is 0.898 bits per heavy atom. The number of hydrogen-bond donors (Lipinski definition) is 2. The van der Waals surface area contributed by atoms with Crippen molar-refractivity contribution in [1.82, 2.24) is 20.2 Å². The molecule has 1 fully saturated rings. The second-order valence-electron chi connectivity index (χ2n) is 11.9. The van der Waals surface area contributed by atoms with Crippen molar-refractivity contribution in [2.75, 3.05) is 18.8 Å². The highest BCUT2D eigenvalue weighted by Crippen LogP contribution is 2.46. The van der Waals surface area contributed by atoms with E-state index in [4.69, 9.17) is 4.55 Å². The van der Waals surface area contributed by atoms with E-state index in [1.165, 1.54) is 11.7 Å². The van der Waals surface area contributed by atoms with Crippen LogP contribution in [0.25, 0.3) is 11.4 Å². The third-order valence-corrected chi connectivity index (χ3v) is 9.47. The first-order valence-corrected chi connectivity index (χ1v) is 16.9. The van der Waals surface area contributed by atoms with Crippen LogP contribution in [0.15, 0.2) is 36.4 Å². The summed E-state index contributed by atoms with van der Waals surface area (Å²) in [5, 5.41) is 37.8. The van der Waals surface area contributed by atoms with Crippen molar-refractivity contribution in [3.05, 3.63) is 104 Å². The third kappa shape index (κ3) is 7.96. The number of nitrogens with zero attached hydrogens (tertiary/aromatic N) is 5. The minimum absolute atomic E-state index is 0.0187. The van der Waals surface area contributed by atoms with Gasteiger partial charge in [0, 0.05) is 52.1 Å². The molecule has 1 aromatic heterocycles. The van der Waals surface area contributed by atoms with Crippen LogP contribution in [0.1, 0.15) is 54.5 Å². The Bertz CT molecular complexity index is 1870. The largest absolute Gasteiger partial charge is 0.633 e. The molecule has 49 heavy (non-hydrogen) atoms. The van der Waals surface area contributed by atoms with Gasteiger partial charge in [0.15, 0.2) is 23.3 Å². The molecule has 4 aromatic rings. The predicted molar refractivity (Wildman–Crippen MR) is 166 cm³/mol. The van der Waals surface area contributed by atoms with Gasteiger partial charge in [-0.25, -0.2) is 26.3 Å². The molecule has 5 rings (SSSR count). The first kappa shape index (κ1) is 37.9. The Labute approximate surface area is 278 Å². The molecule has 0 aliphatic carbocycles. The first-order valence-electron chi connectivity index (χ1n) is 15.3. The predicted octanol–water partition coefficient (Wildman–Crippen LogP) is 5.87. The summed E-state index contributed by atoms with van der Waals surface area (Å²) in [5.74, 6) is -10.1. The molecule has 0 bridgehead atoms. The van der Waals surface area contributed by atoms with Crippen molar-refractivity contribution in [3.63, 3.8) is 0 Å². The van der Waals surface area contributed by atoms with Gasteiger partial charge in [0.25, 0.3) is 10.1 Å². The normalized spacial score (nSPS) is 18.3. The lowest BCUT2D eigenvalue weighted by atomic mass is 9.71. The number of aliphatic hydroxyl groups is 1. The van der Waals surface area contributed by atoms with E-state index in [1.54, 1.807) is 24.3 Å². The molecule has 0 saturated carbocycles. The number of rotatable bonds is 8. The monoisotopic (exact) mass is 715 g/mol. The van der Waals surface area contributed by atoms with E-state index in [0.717, 1.165) is 13.8 Å². The fraction of sp³-hybridized carbons (Fsp3) is 0.406. The van der Waals surface area contributed by atoms with Gasteiger partial charge in [-0.05, 0) is 45.0 Å². The molecule has 2 heterocycles. The molecule has 0 radical (unpaired) electrons. The zero-order valence-electron chi connectivity index (χ0n) is 27.0. The summed E-state index contributed by atoms with van der Waals surface area (Å²) in [5.41, 5.74) is -4.89. The molecule has 0 amide bonds. The molecular formula is C32H35F6N5O5S. The Hall–Kier alpha value is -3.90. The standard InChI is InChI=1S/C30H29F6N5O2.C2H6O3S/c1-4-40-38-29(37-39-40)19-7-5-18(6-8-19)15-41(43)11-9-20(10-12-41)30(42,21-13-23(31)16(2)25(33)27(21)35)22-14-24(32)17(3)26(34)28(22)36;1-2-6(3,4)5/h5-8,13-14,20,42H,4,9-12,15H2,1-3H3;2H2,1H3,(H,3,4,5). The van der Waals surface area contributed by atoms with Gasteiger partial charge in [-0.2, -0.15) is 13.2 Å². The third-order valence-electron chi connectivity index (χ3n) is 8.74. The molecule has 0 spiro atoms. The Morgan fingerprint density at radius 3 is 1.78 bits per heavy atom. The Kier molecular flexibility index (Phi) is 11.2. The van der Waals surface area contributed by atoms with Crippen LogP contribution < -0.4 is 0 Å². The molecule has 17 heteroatoms. The number of hydrogen-bond acceptors (Lipinski definition) is 7. The lowest BCUT2D eigenvalue weighted by Gasteiger charge is -2.50. The highest BCUT2D eigenvalue weighted by molar-refractivity contribution is 7.85. The minimum Gasteiger partial charge on any atom is -0.633 e. The van der Waals surface area contributed by atoms with Crippen molar-refractivity contribution >= 4 is 10.1 Å². The maximum atomic E-state index is 15.3. The second kappa shape index (κ2) is 14.5. The van der Waals surface area contributed by atoms with Gasteiger partial charge in [-0.1, -0.05) is 24.3 Å². The molecule has 1 aliphatic rings. The van der Waals surface area contributed by atoms with Gasteiger partial charge >= 0.3 is 0 Å². The summed E-state index contributed by atoms with van der Waals surface area (Å²) in [6.07, 6.45) is -0.343. The van der Waals surface area contributed by atoms with Crippen LogP contribution >= 0.6 is 0 Å². The van der Waals surface area contributed by atoms with Crippen LogP contribution in [0.3, 0.4) is 0 Å². The lowest BCUT2D eigenvalue weighted by molar-refractivity contribution is -0.900. The number of aryl methyl sites for hydroxylation is 1. The van der Waals surface area contributed by atoms with E-state index in [-0.39, 0.29) is 38.2 Å². The number of halogens is 6. The SMILES string of the molecule is CCS(=O)(=O)O.CCn1nnc(-c2ccc(C[N+]3([O-])CCC(C(O)(c4cc(F)c(C)c(F)c4F)c4cc(F)c(C)c(F)c4F)CC3)cc2)n1. The number of tetrazole rings is 1. The first-order chi connectivity index (χ1) is 22.8. The number of quaternary nitrogens is 1. The van der Waals surface area contributed by atoms with E-state index in [0.29, 0.717) is 35.6 Å². The summed E-state index contributed by atoms with van der Waals surface area (Å²) in [6.45, 7) is 5.46. The number of hydroxylamine groups is 3. The summed E-state index contributed by atoms with van der Waals surface area (Å²) in [6, 6.07) is 7.98. The number of piperidine rings is 1.